The number of carbonyl (C=O) groups is 3. The fraction of sp³-hybridized carbons (Fsp3) is 0.111. The number of nitrogens with zero attached hydrogens (tertiary/aromatic N) is 2. The normalized spacial score (nSPS) is 14.6. The van der Waals surface area contributed by atoms with Crippen molar-refractivity contribution >= 4 is 17.8 Å². The maximum Gasteiger partial charge on any atom is 0.498 e. The predicted molar refractivity (Wildman–Crippen MR) is 46.6 cm³/mol. The Labute approximate surface area is 102 Å². The third-order valence-corrected chi connectivity index (χ3v) is 2.19. The summed E-state index contributed by atoms with van der Waals surface area (Å²) in [5.74, 6) is -4.99. The van der Waals surface area contributed by atoms with Crippen LogP contribution in [0.3, 0.4) is 0 Å². The zero-order chi connectivity index (χ0) is 14.4. The number of aromatic nitrogens is 1. The van der Waals surface area contributed by atoms with Crippen LogP contribution in [-0.2, 0) is 4.79 Å². The highest BCUT2D eigenvalue weighted by Gasteiger charge is 2.49. The number of halogens is 3. The van der Waals surface area contributed by atoms with Gasteiger partial charge in [-0.1, -0.05) is 0 Å². The Morgan fingerprint density at radius 2 is 1.95 bits per heavy atom. The number of alkyl halides is 3. The maximum absolute atomic E-state index is 12.0. The highest BCUT2D eigenvalue weighted by atomic mass is 19.4. The number of fused-ring (bicyclic) bond motifs is 1. The summed E-state index contributed by atoms with van der Waals surface area (Å²) in [4.78, 5) is 37.3. The van der Waals surface area contributed by atoms with Crippen LogP contribution in [0.25, 0.3) is 0 Å². The molecule has 7 nitrogen and oxygen atoms in total. The smallest absolute Gasteiger partial charge is 0.278 e. The Balaban J connectivity index is 2.44. The molecule has 1 aromatic heterocycles. The van der Waals surface area contributed by atoms with Gasteiger partial charge in [-0.2, -0.15) is 18.0 Å². The summed E-state index contributed by atoms with van der Waals surface area (Å²) in [5, 5.41) is 8.78. The maximum atomic E-state index is 12.0. The van der Waals surface area contributed by atoms with E-state index in [0.717, 1.165) is 18.3 Å². The second-order valence-electron chi connectivity index (χ2n) is 3.39. The van der Waals surface area contributed by atoms with E-state index in [1.807, 2.05) is 0 Å². The van der Waals surface area contributed by atoms with Crippen LogP contribution in [0, 0.1) is 0 Å². The summed E-state index contributed by atoms with van der Waals surface area (Å²) in [6.45, 7) is 0. The van der Waals surface area contributed by atoms with Gasteiger partial charge in [0.25, 0.3) is 5.91 Å². The van der Waals surface area contributed by atoms with Crippen LogP contribution >= 0.6 is 0 Å². The van der Waals surface area contributed by atoms with Gasteiger partial charge in [0.05, 0.1) is 0 Å². The molecule has 0 aliphatic carbocycles. The van der Waals surface area contributed by atoms with E-state index >= 15 is 0 Å². The van der Waals surface area contributed by atoms with Gasteiger partial charge in [-0.05, 0) is 6.07 Å². The lowest BCUT2D eigenvalue weighted by molar-refractivity contribution is -0.872. The zero-order valence-corrected chi connectivity index (χ0v) is 8.84. The van der Waals surface area contributed by atoms with Crippen LogP contribution in [0.15, 0.2) is 18.3 Å². The first-order valence-corrected chi connectivity index (χ1v) is 4.65. The first-order valence-electron chi connectivity index (χ1n) is 4.65. The van der Waals surface area contributed by atoms with Crippen molar-refractivity contribution in [2.45, 2.75) is 6.18 Å². The summed E-state index contributed by atoms with van der Waals surface area (Å²) < 4.78 is 36.3. The predicted octanol–water partition coefficient (Wildman–Crippen LogP) is -0.523. The summed E-state index contributed by atoms with van der Waals surface area (Å²) in [6, 6.07) is 2.16. The Morgan fingerprint density at radius 1 is 1.32 bits per heavy atom. The van der Waals surface area contributed by atoms with E-state index in [1.54, 1.807) is 0 Å². The fourth-order valence-corrected chi connectivity index (χ4v) is 1.40. The Morgan fingerprint density at radius 3 is 2.53 bits per heavy atom. The molecule has 0 radical (unpaired) electrons. The van der Waals surface area contributed by atoms with Crippen LogP contribution in [0.2, 0.25) is 0 Å². The lowest BCUT2D eigenvalue weighted by Crippen LogP contribution is -2.53. The van der Waals surface area contributed by atoms with Gasteiger partial charge in [0.2, 0.25) is 6.20 Å². The summed E-state index contributed by atoms with van der Waals surface area (Å²) >= 11 is 0. The van der Waals surface area contributed by atoms with Gasteiger partial charge in [0.1, 0.15) is 5.56 Å². The van der Waals surface area contributed by atoms with Crippen molar-refractivity contribution in [1.82, 2.24) is 5.06 Å². The largest absolute Gasteiger partial charge is 0.498 e. The van der Waals surface area contributed by atoms with E-state index in [9.17, 15) is 27.6 Å². The lowest BCUT2D eigenvalue weighted by atomic mass is 10.2. The quantitative estimate of drug-likeness (QED) is 0.424. The molecule has 2 rings (SSSR count). The minimum absolute atomic E-state index is 0.182. The molecular weight excluding hydrogens is 273 g/mol. The molecule has 1 aromatic rings. The number of carbonyl (C=O) groups excluding carboxylic acids is 3. The zero-order valence-electron chi connectivity index (χ0n) is 8.84. The molecule has 0 bridgehead atoms. The van der Waals surface area contributed by atoms with Gasteiger partial charge in [-0.25, -0.2) is 4.79 Å². The minimum atomic E-state index is -5.26. The van der Waals surface area contributed by atoms with Crippen molar-refractivity contribution in [1.29, 1.82) is 0 Å². The first-order chi connectivity index (χ1) is 8.73. The third-order valence-electron chi connectivity index (χ3n) is 2.19. The van der Waals surface area contributed by atoms with Crippen molar-refractivity contribution in [3.05, 3.63) is 29.6 Å². The molecule has 1 aliphatic rings. The number of hydroxylamine groups is 2. The molecule has 0 aromatic carbocycles. The van der Waals surface area contributed by atoms with E-state index in [-0.39, 0.29) is 15.4 Å². The number of hydrogen-bond donors (Lipinski definition) is 1. The van der Waals surface area contributed by atoms with Crippen molar-refractivity contribution in [2.24, 2.45) is 0 Å². The summed E-state index contributed by atoms with van der Waals surface area (Å²) in [5.41, 5.74) is -1.06. The molecule has 2 heterocycles. The van der Waals surface area contributed by atoms with Crippen LogP contribution in [0.1, 0.15) is 20.8 Å². The summed E-state index contributed by atoms with van der Waals surface area (Å²) in [6.07, 6.45) is -4.44. The number of hydrogen-bond acceptors (Lipinski definition) is 5. The molecule has 2 amide bonds. The molecule has 100 valence electrons. The molecular formula is C9H4F3N2O5+. The van der Waals surface area contributed by atoms with Gasteiger partial charge in [0.15, 0.2) is 0 Å². The van der Waals surface area contributed by atoms with Gasteiger partial charge < -0.3 is 0 Å². The average molecular weight is 277 g/mol. The van der Waals surface area contributed by atoms with Crippen molar-refractivity contribution in [2.75, 3.05) is 0 Å². The first kappa shape index (κ1) is 13.0. The van der Waals surface area contributed by atoms with E-state index in [2.05, 4.69) is 4.84 Å². The van der Waals surface area contributed by atoms with Crippen molar-refractivity contribution in [3.8, 4) is 0 Å². The van der Waals surface area contributed by atoms with Gasteiger partial charge in [0, 0.05) is 10.8 Å². The van der Waals surface area contributed by atoms with Gasteiger partial charge >= 0.3 is 23.7 Å². The Hall–Kier alpha value is -2.49. The molecule has 0 saturated carbocycles. The molecule has 1 N–H and O–H groups in total. The SMILES string of the molecule is O=C1c2ccc[n+](OC(=O)C(F)(F)F)c2C(=O)N1O. The average Bonchev–Trinajstić information content (AvgIpc) is 2.54. The molecule has 0 fully saturated rings. The molecule has 0 spiro atoms. The highest BCUT2D eigenvalue weighted by molar-refractivity contribution is 6.18. The van der Waals surface area contributed by atoms with Crippen molar-refractivity contribution < 1.29 is 42.3 Å². The molecule has 0 unspecified atom stereocenters. The standard InChI is InChI=1S/C9H4F3N2O5/c10-9(11,12)8(17)19-13-3-1-2-4-5(13)7(16)14(18)6(4)15/h1-3,18H/q+1. The Bertz CT molecular complexity index is 598. The van der Waals surface area contributed by atoms with Crippen LogP contribution < -0.4 is 9.57 Å². The van der Waals surface area contributed by atoms with E-state index < -0.39 is 29.7 Å². The van der Waals surface area contributed by atoms with Crippen molar-refractivity contribution in [3.63, 3.8) is 0 Å². The molecule has 0 atom stereocenters. The summed E-state index contributed by atoms with van der Waals surface area (Å²) in [7, 11) is 0. The number of imide groups is 1. The lowest BCUT2D eigenvalue weighted by Gasteiger charge is -2.01. The number of amides is 2. The Kier molecular flexibility index (Phi) is 2.74. The topological polar surface area (TPSA) is 87.8 Å². The van der Waals surface area contributed by atoms with Crippen LogP contribution in [0.5, 0.6) is 0 Å². The van der Waals surface area contributed by atoms with E-state index in [0.29, 0.717) is 0 Å². The molecule has 10 heteroatoms. The van der Waals surface area contributed by atoms with Crippen LogP contribution in [0.4, 0.5) is 13.2 Å². The third kappa shape index (κ3) is 2.01. The molecule has 19 heavy (non-hydrogen) atoms. The van der Waals surface area contributed by atoms with Gasteiger partial charge in [-0.15, -0.1) is 5.06 Å². The van der Waals surface area contributed by atoms with E-state index in [1.165, 1.54) is 0 Å². The second kappa shape index (κ2) is 4.02. The number of rotatable bonds is 1. The minimum Gasteiger partial charge on any atom is -0.278 e. The fourth-order valence-electron chi connectivity index (χ4n) is 1.40. The number of pyridine rings is 1. The molecule has 1 aliphatic heterocycles. The van der Waals surface area contributed by atoms with Crippen LogP contribution in [-0.4, -0.2) is 34.2 Å². The second-order valence-corrected chi connectivity index (χ2v) is 3.39. The monoisotopic (exact) mass is 277 g/mol. The van der Waals surface area contributed by atoms with Gasteiger partial charge in [-0.3, -0.25) is 14.8 Å². The molecule has 0 saturated heterocycles. The highest BCUT2D eigenvalue weighted by Crippen LogP contribution is 2.18. The van der Waals surface area contributed by atoms with E-state index in [4.69, 9.17) is 5.21 Å².